The van der Waals surface area contributed by atoms with E-state index < -0.39 is 0 Å². The largest absolute Gasteiger partial charge is 0.322 e. The van der Waals surface area contributed by atoms with Gasteiger partial charge in [0.2, 0.25) is 0 Å². The summed E-state index contributed by atoms with van der Waals surface area (Å²) in [5.41, 5.74) is 7.27. The molecule has 0 aromatic carbocycles. The van der Waals surface area contributed by atoms with E-state index in [1.807, 2.05) is 7.05 Å². The molecule has 0 amide bonds. The van der Waals surface area contributed by atoms with Crippen molar-refractivity contribution in [3.8, 4) is 0 Å². The Bertz CT molecular complexity index is 282. The molecule has 15 heavy (non-hydrogen) atoms. The fourth-order valence-corrected chi connectivity index (χ4v) is 1.94. The van der Waals surface area contributed by atoms with E-state index in [0.29, 0.717) is 5.92 Å². The van der Waals surface area contributed by atoms with Crippen LogP contribution in [-0.2, 0) is 7.05 Å². The molecule has 0 aliphatic rings. The van der Waals surface area contributed by atoms with Gasteiger partial charge >= 0.3 is 0 Å². The molecule has 1 aromatic rings. The van der Waals surface area contributed by atoms with Gasteiger partial charge in [0.05, 0.1) is 17.9 Å². The lowest BCUT2D eigenvalue weighted by Crippen LogP contribution is -2.23. The van der Waals surface area contributed by atoms with Crippen molar-refractivity contribution in [3.05, 3.63) is 11.9 Å². The Balaban J connectivity index is 2.64. The van der Waals surface area contributed by atoms with Crippen molar-refractivity contribution in [1.82, 2.24) is 15.0 Å². The molecular formula is C11H22N4. The molecular weight excluding hydrogens is 188 g/mol. The van der Waals surface area contributed by atoms with Gasteiger partial charge in [-0.05, 0) is 12.3 Å². The summed E-state index contributed by atoms with van der Waals surface area (Å²) in [4.78, 5) is 0. The fourth-order valence-electron chi connectivity index (χ4n) is 1.94. The average Bonchev–Trinajstić information content (AvgIpc) is 2.65. The molecule has 0 aliphatic carbocycles. The quantitative estimate of drug-likeness (QED) is 0.781. The maximum atomic E-state index is 6.23. The van der Waals surface area contributed by atoms with Crippen LogP contribution in [0.4, 0.5) is 0 Å². The van der Waals surface area contributed by atoms with Gasteiger partial charge in [0.25, 0.3) is 0 Å². The number of unbranched alkanes of at least 4 members (excludes halogenated alkanes) is 1. The minimum absolute atomic E-state index is 0.0709. The van der Waals surface area contributed by atoms with E-state index in [-0.39, 0.29) is 6.04 Å². The third kappa shape index (κ3) is 3.02. The van der Waals surface area contributed by atoms with Crippen molar-refractivity contribution >= 4 is 0 Å². The zero-order valence-corrected chi connectivity index (χ0v) is 9.98. The van der Waals surface area contributed by atoms with Crippen LogP contribution in [0.5, 0.6) is 0 Å². The van der Waals surface area contributed by atoms with Crippen LogP contribution >= 0.6 is 0 Å². The Morgan fingerprint density at radius 3 is 2.67 bits per heavy atom. The van der Waals surface area contributed by atoms with E-state index in [9.17, 15) is 0 Å². The van der Waals surface area contributed by atoms with Crippen molar-refractivity contribution in [1.29, 1.82) is 0 Å². The van der Waals surface area contributed by atoms with Gasteiger partial charge in [-0.2, -0.15) is 0 Å². The first-order valence-corrected chi connectivity index (χ1v) is 5.80. The van der Waals surface area contributed by atoms with E-state index >= 15 is 0 Å². The second-order valence-corrected chi connectivity index (χ2v) is 4.12. The Hall–Kier alpha value is -0.900. The Labute approximate surface area is 91.9 Å². The number of rotatable bonds is 6. The van der Waals surface area contributed by atoms with Crippen LogP contribution < -0.4 is 5.73 Å². The molecule has 0 saturated heterocycles. The lowest BCUT2D eigenvalue weighted by Gasteiger charge is -2.22. The molecule has 2 N–H and O–H groups in total. The number of hydrogen-bond donors (Lipinski definition) is 1. The summed E-state index contributed by atoms with van der Waals surface area (Å²) in [6, 6.07) is 0.0709. The molecule has 1 rings (SSSR count). The standard InChI is InChI=1S/C11H22N4/c1-4-6-7-9(5-2)11(12)10-8-13-14-15(10)3/h8-9,11H,4-7,12H2,1-3H3. The van der Waals surface area contributed by atoms with Gasteiger partial charge in [-0.25, -0.2) is 0 Å². The van der Waals surface area contributed by atoms with Crippen molar-refractivity contribution in [2.24, 2.45) is 18.7 Å². The highest BCUT2D eigenvalue weighted by molar-refractivity contribution is 5.02. The van der Waals surface area contributed by atoms with E-state index in [1.54, 1.807) is 10.9 Å². The molecule has 1 aromatic heterocycles. The molecule has 0 bridgehead atoms. The number of nitrogens with two attached hydrogens (primary N) is 1. The SMILES string of the molecule is CCCCC(CC)C(N)c1cnnn1C. The van der Waals surface area contributed by atoms with Gasteiger partial charge in [0.15, 0.2) is 0 Å². The van der Waals surface area contributed by atoms with E-state index in [1.165, 1.54) is 19.3 Å². The monoisotopic (exact) mass is 210 g/mol. The number of aryl methyl sites for hydroxylation is 1. The Morgan fingerprint density at radius 2 is 2.20 bits per heavy atom. The van der Waals surface area contributed by atoms with Crippen LogP contribution in [0.15, 0.2) is 6.20 Å². The molecule has 1 heterocycles. The summed E-state index contributed by atoms with van der Waals surface area (Å²) in [6.45, 7) is 4.41. The molecule has 4 heteroatoms. The fraction of sp³-hybridized carbons (Fsp3) is 0.818. The maximum absolute atomic E-state index is 6.23. The molecule has 86 valence electrons. The molecule has 0 radical (unpaired) electrons. The van der Waals surface area contributed by atoms with Crippen LogP contribution in [0, 0.1) is 5.92 Å². The highest BCUT2D eigenvalue weighted by Gasteiger charge is 2.20. The van der Waals surface area contributed by atoms with E-state index in [2.05, 4.69) is 24.2 Å². The van der Waals surface area contributed by atoms with Gasteiger partial charge in [0, 0.05) is 7.05 Å². The normalized spacial score (nSPS) is 15.2. The number of aromatic nitrogens is 3. The van der Waals surface area contributed by atoms with Crippen molar-refractivity contribution in [2.45, 2.75) is 45.6 Å². The minimum atomic E-state index is 0.0709. The molecule has 0 saturated carbocycles. The summed E-state index contributed by atoms with van der Waals surface area (Å²) in [6.07, 6.45) is 6.56. The molecule has 0 fully saturated rings. The second kappa shape index (κ2) is 5.85. The predicted molar refractivity (Wildman–Crippen MR) is 61.2 cm³/mol. The van der Waals surface area contributed by atoms with Crippen LogP contribution in [0.2, 0.25) is 0 Å². The van der Waals surface area contributed by atoms with Crippen LogP contribution in [0.1, 0.15) is 51.3 Å². The molecule has 0 spiro atoms. The number of hydrogen-bond acceptors (Lipinski definition) is 3. The highest BCUT2D eigenvalue weighted by Crippen LogP contribution is 2.25. The van der Waals surface area contributed by atoms with Gasteiger partial charge in [-0.3, -0.25) is 4.68 Å². The first kappa shape index (κ1) is 12.2. The topological polar surface area (TPSA) is 56.7 Å². The smallest absolute Gasteiger partial charge is 0.0753 e. The molecule has 0 aliphatic heterocycles. The van der Waals surface area contributed by atoms with Gasteiger partial charge in [-0.15, -0.1) is 5.10 Å². The van der Waals surface area contributed by atoms with Crippen LogP contribution in [0.25, 0.3) is 0 Å². The summed E-state index contributed by atoms with van der Waals surface area (Å²) in [7, 11) is 1.90. The second-order valence-electron chi connectivity index (χ2n) is 4.12. The highest BCUT2D eigenvalue weighted by atomic mass is 15.4. The van der Waals surface area contributed by atoms with Gasteiger partial charge in [-0.1, -0.05) is 38.3 Å². The zero-order valence-electron chi connectivity index (χ0n) is 9.98. The maximum Gasteiger partial charge on any atom is 0.0753 e. The number of nitrogens with zero attached hydrogens (tertiary/aromatic N) is 3. The van der Waals surface area contributed by atoms with Gasteiger partial charge < -0.3 is 5.73 Å². The summed E-state index contributed by atoms with van der Waals surface area (Å²) >= 11 is 0. The van der Waals surface area contributed by atoms with E-state index in [0.717, 1.165) is 12.1 Å². The lowest BCUT2D eigenvalue weighted by atomic mass is 9.90. The molecule has 4 nitrogen and oxygen atoms in total. The average molecular weight is 210 g/mol. The van der Waals surface area contributed by atoms with Crippen molar-refractivity contribution in [2.75, 3.05) is 0 Å². The minimum Gasteiger partial charge on any atom is -0.322 e. The zero-order chi connectivity index (χ0) is 11.3. The van der Waals surface area contributed by atoms with Crippen molar-refractivity contribution < 1.29 is 0 Å². The Morgan fingerprint density at radius 1 is 1.47 bits per heavy atom. The summed E-state index contributed by atoms with van der Waals surface area (Å²) < 4.78 is 1.78. The van der Waals surface area contributed by atoms with Gasteiger partial charge in [0.1, 0.15) is 0 Å². The molecule has 2 atom stereocenters. The Kier molecular flexibility index (Phi) is 4.75. The van der Waals surface area contributed by atoms with Crippen molar-refractivity contribution in [3.63, 3.8) is 0 Å². The molecule has 2 unspecified atom stereocenters. The third-order valence-electron chi connectivity index (χ3n) is 3.05. The third-order valence-corrected chi connectivity index (χ3v) is 3.05. The summed E-state index contributed by atoms with van der Waals surface area (Å²) in [5.74, 6) is 0.544. The summed E-state index contributed by atoms with van der Waals surface area (Å²) in [5, 5.41) is 7.79. The lowest BCUT2D eigenvalue weighted by molar-refractivity contribution is 0.364. The predicted octanol–water partition coefficient (Wildman–Crippen LogP) is 2.03. The van der Waals surface area contributed by atoms with Crippen LogP contribution in [-0.4, -0.2) is 15.0 Å². The van der Waals surface area contributed by atoms with Crippen LogP contribution in [0.3, 0.4) is 0 Å². The van der Waals surface area contributed by atoms with E-state index in [4.69, 9.17) is 5.73 Å². The first-order chi connectivity index (χ1) is 7.20. The first-order valence-electron chi connectivity index (χ1n) is 5.80.